The minimum absolute atomic E-state index is 0.0369. The molecular formula is C23H22N2OS. The first-order valence-corrected chi connectivity index (χ1v) is 10.5. The Balaban J connectivity index is 1.76. The number of hydrogen-bond acceptors (Lipinski definition) is 3. The molecule has 2 aliphatic heterocycles. The highest BCUT2D eigenvalue weighted by Crippen LogP contribution is 2.48. The Morgan fingerprint density at radius 3 is 2.74 bits per heavy atom. The fraction of sp³-hybridized carbons (Fsp3) is 0.304. The second-order valence-electron chi connectivity index (χ2n) is 7.56. The molecular weight excluding hydrogens is 352 g/mol. The summed E-state index contributed by atoms with van der Waals surface area (Å²) in [7, 11) is 0. The minimum Gasteiger partial charge on any atom is -0.279 e. The number of benzene rings is 2. The second kappa shape index (κ2) is 6.38. The Kier molecular flexibility index (Phi) is 3.97. The predicted octanol–water partition coefficient (Wildman–Crippen LogP) is 5.12. The maximum absolute atomic E-state index is 13.0. The van der Waals surface area contributed by atoms with Crippen molar-refractivity contribution in [3.8, 4) is 0 Å². The van der Waals surface area contributed by atoms with Crippen LogP contribution in [0.1, 0.15) is 48.1 Å². The smallest absolute Gasteiger partial charge is 0.242 e. The van der Waals surface area contributed by atoms with Crippen LogP contribution in [0.5, 0.6) is 0 Å². The van der Waals surface area contributed by atoms with E-state index in [1.165, 1.54) is 27.8 Å². The molecule has 0 bridgehead atoms. The van der Waals surface area contributed by atoms with E-state index in [2.05, 4.69) is 49.4 Å². The quantitative estimate of drug-likeness (QED) is 0.694. The first-order valence-electron chi connectivity index (χ1n) is 9.60. The van der Waals surface area contributed by atoms with E-state index in [-0.39, 0.29) is 17.2 Å². The van der Waals surface area contributed by atoms with Gasteiger partial charge in [-0.05, 0) is 55.9 Å². The molecule has 0 N–H and O–H groups in total. The van der Waals surface area contributed by atoms with Crippen LogP contribution in [0.15, 0.2) is 59.1 Å². The highest BCUT2D eigenvalue weighted by Gasteiger charge is 2.45. The molecule has 136 valence electrons. The Morgan fingerprint density at radius 2 is 1.93 bits per heavy atom. The van der Waals surface area contributed by atoms with E-state index in [4.69, 9.17) is 4.99 Å². The zero-order valence-corrected chi connectivity index (χ0v) is 16.4. The molecule has 4 heteroatoms. The van der Waals surface area contributed by atoms with Crippen LogP contribution in [0.4, 0.5) is 0 Å². The van der Waals surface area contributed by atoms with Crippen LogP contribution < -0.4 is 0 Å². The van der Waals surface area contributed by atoms with Gasteiger partial charge in [0.2, 0.25) is 5.91 Å². The van der Waals surface area contributed by atoms with Crippen LogP contribution in [-0.4, -0.2) is 21.2 Å². The molecule has 3 aliphatic rings. The molecule has 2 heterocycles. The van der Waals surface area contributed by atoms with Crippen LogP contribution >= 0.6 is 11.8 Å². The SMILES string of the molecule is Cc1ccc2c(c1)C1=C(CCC2)C(c2ccccc2)N2C(=O)C(C)SC2=N1. The van der Waals surface area contributed by atoms with E-state index in [0.717, 1.165) is 30.1 Å². The zero-order valence-electron chi connectivity index (χ0n) is 15.6. The number of hydrogen-bond donors (Lipinski definition) is 0. The number of amidine groups is 1. The molecule has 2 aromatic rings. The van der Waals surface area contributed by atoms with Gasteiger partial charge in [0.1, 0.15) is 0 Å². The maximum atomic E-state index is 13.0. The Hall–Kier alpha value is -2.33. The van der Waals surface area contributed by atoms with Crippen LogP contribution in [0, 0.1) is 6.92 Å². The predicted molar refractivity (Wildman–Crippen MR) is 112 cm³/mol. The van der Waals surface area contributed by atoms with E-state index >= 15 is 0 Å². The summed E-state index contributed by atoms with van der Waals surface area (Å²) in [4.78, 5) is 20.0. The van der Waals surface area contributed by atoms with Gasteiger partial charge >= 0.3 is 0 Å². The van der Waals surface area contributed by atoms with Crippen molar-refractivity contribution >= 4 is 28.5 Å². The fourth-order valence-corrected chi connectivity index (χ4v) is 5.38. The number of fused-ring (bicyclic) bond motifs is 3. The summed E-state index contributed by atoms with van der Waals surface area (Å²) in [6, 6.07) is 17.1. The summed E-state index contributed by atoms with van der Waals surface area (Å²) < 4.78 is 0. The Labute approximate surface area is 164 Å². The molecule has 27 heavy (non-hydrogen) atoms. The molecule has 0 saturated carbocycles. The van der Waals surface area contributed by atoms with Gasteiger partial charge in [-0.1, -0.05) is 59.8 Å². The van der Waals surface area contributed by atoms with Gasteiger partial charge in [0.15, 0.2) is 5.17 Å². The third-order valence-electron chi connectivity index (χ3n) is 5.70. The summed E-state index contributed by atoms with van der Waals surface area (Å²) >= 11 is 1.59. The monoisotopic (exact) mass is 374 g/mol. The van der Waals surface area contributed by atoms with Gasteiger partial charge in [0.05, 0.1) is 17.0 Å². The van der Waals surface area contributed by atoms with Crippen molar-refractivity contribution in [2.75, 3.05) is 0 Å². The average Bonchev–Trinajstić information content (AvgIpc) is 2.85. The van der Waals surface area contributed by atoms with Gasteiger partial charge in [0, 0.05) is 5.56 Å². The van der Waals surface area contributed by atoms with Crippen molar-refractivity contribution in [1.82, 2.24) is 4.90 Å². The Morgan fingerprint density at radius 1 is 1.11 bits per heavy atom. The summed E-state index contributed by atoms with van der Waals surface area (Å²) in [6.07, 6.45) is 3.13. The third-order valence-corrected chi connectivity index (χ3v) is 6.76. The topological polar surface area (TPSA) is 32.7 Å². The summed E-state index contributed by atoms with van der Waals surface area (Å²) in [5.41, 5.74) is 7.44. The van der Waals surface area contributed by atoms with Gasteiger partial charge in [-0.25, -0.2) is 4.99 Å². The standard InChI is InChI=1S/C23H22N2OS/c1-14-11-12-16-9-6-10-18-20(19(16)13-14)24-23-25(22(26)15(2)27-23)21(18)17-7-4-3-5-8-17/h3-5,7-8,11-13,15,21H,6,9-10H2,1-2H3. The highest BCUT2D eigenvalue weighted by atomic mass is 32.2. The molecule has 1 saturated heterocycles. The summed E-state index contributed by atoms with van der Waals surface area (Å²) in [6.45, 7) is 4.12. The van der Waals surface area contributed by atoms with Crippen molar-refractivity contribution in [3.63, 3.8) is 0 Å². The molecule has 0 aromatic heterocycles. The van der Waals surface area contributed by atoms with Crippen LogP contribution in [-0.2, 0) is 11.2 Å². The van der Waals surface area contributed by atoms with Gasteiger partial charge in [0.25, 0.3) is 0 Å². The number of carbonyl (C=O) groups is 1. The number of carbonyl (C=O) groups excluding carboxylic acids is 1. The highest BCUT2D eigenvalue weighted by molar-refractivity contribution is 8.15. The van der Waals surface area contributed by atoms with Crippen molar-refractivity contribution in [1.29, 1.82) is 0 Å². The van der Waals surface area contributed by atoms with E-state index in [0.29, 0.717) is 0 Å². The fourth-order valence-electron chi connectivity index (χ4n) is 4.40. The van der Waals surface area contributed by atoms with Gasteiger partial charge in [-0.2, -0.15) is 0 Å². The van der Waals surface area contributed by atoms with Gasteiger partial charge in [-0.15, -0.1) is 0 Å². The van der Waals surface area contributed by atoms with Crippen LogP contribution in [0.3, 0.4) is 0 Å². The largest absolute Gasteiger partial charge is 0.279 e. The third kappa shape index (κ3) is 2.66. The first kappa shape index (κ1) is 16.8. The molecule has 2 aromatic carbocycles. The molecule has 0 radical (unpaired) electrons. The molecule has 1 fully saturated rings. The number of aryl methyl sites for hydroxylation is 2. The maximum Gasteiger partial charge on any atom is 0.242 e. The number of nitrogens with zero attached hydrogens (tertiary/aromatic N) is 2. The number of thioether (sulfide) groups is 1. The molecule has 5 rings (SSSR count). The normalized spacial score (nSPS) is 24.1. The van der Waals surface area contributed by atoms with E-state index < -0.39 is 0 Å². The van der Waals surface area contributed by atoms with Crippen LogP contribution in [0.25, 0.3) is 5.70 Å². The average molecular weight is 375 g/mol. The van der Waals surface area contributed by atoms with Crippen molar-refractivity contribution in [2.45, 2.75) is 44.4 Å². The van der Waals surface area contributed by atoms with Gasteiger partial charge in [-0.3, -0.25) is 9.69 Å². The molecule has 3 nitrogen and oxygen atoms in total. The van der Waals surface area contributed by atoms with E-state index in [9.17, 15) is 4.79 Å². The molecule has 2 atom stereocenters. The summed E-state index contributed by atoms with van der Waals surface area (Å²) in [5.74, 6) is 0.174. The minimum atomic E-state index is -0.0736. The van der Waals surface area contributed by atoms with E-state index in [1.54, 1.807) is 11.8 Å². The second-order valence-corrected chi connectivity index (χ2v) is 8.87. The molecule has 2 unspecified atom stereocenters. The lowest BCUT2D eigenvalue weighted by Crippen LogP contribution is -2.38. The van der Waals surface area contributed by atoms with E-state index in [1.807, 2.05) is 17.9 Å². The van der Waals surface area contributed by atoms with Crippen molar-refractivity contribution < 1.29 is 4.79 Å². The Bertz CT molecular complexity index is 993. The number of amides is 1. The molecule has 1 aliphatic carbocycles. The van der Waals surface area contributed by atoms with Crippen molar-refractivity contribution in [2.24, 2.45) is 4.99 Å². The molecule has 0 spiro atoms. The van der Waals surface area contributed by atoms with Crippen molar-refractivity contribution in [3.05, 3.63) is 76.4 Å². The summed E-state index contributed by atoms with van der Waals surface area (Å²) in [5, 5.41) is 0.782. The lowest BCUT2D eigenvalue weighted by molar-refractivity contribution is -0.127. The number of rotatable bonds is 1. The lowest BCUT2D eigenvalue weighted by atomic mass is 9.90. The lowest BCUT2D eigenvalue weighted by Gasteiger charge is -2.34. The van der Waals surface area contributed by atoms with Crippen LogP contribution in [0.2, 0.25) is 0 Å². The first-order chi connectivity index (χ1) is 13.1. The van der Waals surface area contributed by atoms with Gasteiger partial charge < -0.3 is 0 Å². The zero-order chi connectivity index (χ0) is 18.5. The number of aliphatic imine (C=N–C) groups is 1. The molecule has 1 amide bonds.